The Balaban J connectivity index is 1.42. The van der Waals surface area contributed by atoms with Gasteiger partial charge in [-0.1, -0.05) is 36.8 Å². The molecule has 4 rings (SSSR count). The lowest BCUT2D eigenvalue weighted by Crippen LogP contribution is -2.37. The van der Waals surface area contributed by atoms with Crippen LogP contribution in [0.15, 0.2) is 24.3 Å². The summed E-state index contributed by atoms with van der Waals surface area (Å²) in [5, 5.41) is 8.94. The average molecular weight is 324 g/mol. The van der Waals surface area contributed by atoms with Gasteiger partial charge in [-0.2, -0.15) is 0 Å². The zero-order valence-corrected chi connectivity index (χ0v) is 14.9. The third kappa shape index (κ3) is 3.12. The summed E-state index contributed by atoms with van der Waals surface area (Å²) in [5.41, 5.74) is 2.79. The van der Waals surface area contributed by atoms with E-state index in [1.54, 1.807) is 0 Å². The van der Waals surface area contributed by atoms with Crippen molar-refractivity contribution in [3.63, 3.8) is 0 Å². The highest BCUT2D eigenvalue weighted by Gasteiger charge is 2.28. The lowest BCUT2D eigenvalue weighted by Gasteiger charge is -2.34. The fraction of sp³-hybridized carbons (Fsp3) is 0.600. The van der Waals surface area contributed by atoms with Gasteiger partial charge < -0.3 is 9.47 Å². The minimum Gasteiger partial charge on any atom is -0.315 e. The molecule has 2 aliphatic rings. The van der Waals surface area contributed by atoms with Gasteiger partial charge in [0.25, 0.3) is 0 Å². The Morgan fingerprint density at radius 1 is 1.12 bits per heavy atom. The van der Waals surface area contributed by atoms with Crippen LogP contribution in [-0.2, 0) is 13.0 Å². The first-order valence-corrected chi connectivity index (χ1v) is 9.41. The summed E-state index contributed by atoms with van der Waals surface area (Å²) in [6, 6.07) is 9.02. The third-order valence-corrected chi connectivity index (χ3v) is 5.69. The molecule has 2 aromatic rings. The summed E-state index contributed by atoms with van der Waals surface area (Å²) in [4.78, 5) is 2.63. The molecule has 0 radical (unpaired) electrons. The van der Waals surface area contributed by atoms with E-state index in [2.05, 4.69) is 57.8 Å². The van der Waals surface area contributed by atoms with Crippen LogP contribution in [0.25, 0.3) is 0 Å². The van der Waals surface area contributed by atoms with Gasteiger partial charge in [0.1, 0.15) is 11.6 Å². The topological polar surface area (TPSA) is 34.0 Å². The lowest BCUT2D eigenvalue weighted by atomic mass is 9.94. The molecule has 4 nitrogen and oxygen atoms in total. The number of piperidine rings is 1. The number of hydrogen-bond donors (Lipinski definition) is 0. The van der Waals surface area contributed by atoms with E-state index in [0.717, 1.165) is 26.1 Å². The van der Waals surface area contributed by atoms with Crippen molar-refractivity contribution in [2.24, 2.45) is 0 Å². The standard InChI is InChI=1S/C20H28N4/c1-15-7-9-17(10-8-15)16(2)13-23-11-3-5-18(14-23)20-22-21-19-6-4-12-24(19)20/h7-10,16,18H,3-6,11-14H2,1-2H3. The van der Waals surface area contributed by atoms with Crippen molar-refractivity contribution in [3.8, 4) is 0 Å². The number of benzene rings is 1. The first-order chi connectivity index (χ1) is 11.7. The maximum Gasteiger partial charge on any atom is 0.137 e. The number of aryl methyl sites for hydroxylation is 2. The summed E-state index contributed by atoms with van der Waals surface area (Å²) >= 11 is 0. The molecule has 1 aromatic carbocycles. The van der Waals surface area contributed by atoms with Gasteiger partial charge in [0.05, 0.1) is 0 Å². The molecule has 2 aliphatic heterocycles. The molecule has 1 saturated heterocycles. The van der Waals surface area contributed by atoms with E-state index in [0.29, 0.717) is 11.8 Å². The molecule has 1 aromatic heterocycles. The van der Waals surface area contributed by atoms with Gasteiger partial charge in [0, 0.05) is 32.0 Å². The van der Waals surface area contributed by atoms with Gasteiger partial charge in [0.2, 0.25) is 0 Å². The molecule has 0 N–H and O–H groups in total. The van der Waals surface area contributed by atoms with E-state index in [4.69, 9.17) is 0 Å². The van der Waals surface area contributed by atoms with Crippen LogP contribution in [0, 0.1) is 6.92 Å². The Labute approximate surface area is 144 Å². The molecular formula is C20H28N4. The van der Waals surface area contributed by atoms with Crippen molar-refractivity contribution in [3.05, 3.63) is 47.0 Å². The van der Waals surface area contributed by atoms with Crippen LogP contribution >= 0.6 is 0 Å². The summed E-state index contributed by atoms with van der Waals surface area (Å²) in [5.74, 6) is 3.59. The lowest BCUT2D eigenvalue weighted by molar-refractivity contribution is 0.194. The molecule has 0 saturated carbocycles. The van der Waals surface area contributed by atoms with Crippen LogP contribution < -0.4 is 0 Å². The summed E-state index contributed by atoms with van der Waals surface area (Å²) < 4.78 is 2.39. The number of fused-ring (bicyclic) bond motifs is 1. The Bertz CT molecular complexity index is 688. The van der Waals surface area contributed by atoms with Gasteiger partial charge in [0.15, 0.2) is 0 Å². The molecule has 128 valence electrons. The maximum atomic E-state index is 4.53. The summed E-state index contributed by atoms with van der Waals surface area (Å²) in [6.45, 7) is 9.11. The normalized spacial score (nSPS) is 22.5. The van der Waals surface area contributed by atoms with Crippen molar-refractivity contribution in [2.45, 2.75) is 57.9 Å². The van der Waals surface area contributed by atoms with E-state index in [1.807, 2.05) is 0 Å². The summed E-state index contributed by atoms with van der Waals surface area (Å²) in [6.07, 6.45) is 4.87. The van der Waals surface area contributed by atoms with Crippen molar-refractivity contribution >= 4 is 0 Å². The number of hydrogen-bond acceptors (Lipinski definition) is 3. The molecule has 2 unspecified atom stereocenters. The smallest absolute Gasteiger partial charge is 0.137 e. The number of aromatic nitrogens is 3. The Hall–Kier alpha value is -1.68. The molecule has 1 fully saturated rings. The highest BCUT2D eigenvalue weighted by molar-refractivity contribution is 5.24. The number of likely N-dealkylation sites (tertiary alicyclic amines) is 1. The number of rotatable bonds is 4. The zero-order chi connectivity index (χ0) is 16.5. The van der Waals surface area contributed by atoms with Crippen LogP contribution in [-0.4, -0.2) is 39.3 Å². The van der Waals surface area contributed by atoms with Crippen LogP contribution in [0.4, 0.5) is 0 Å². The maximum absolute atomic E-state index is 4.53. The second-order valence-corrected chi connectivity index (χ2v) is 7.64. The van der Waals surface area contributed by atoms with Crippen molar-refractivity contribution in [1.29, 1.82) is 0 Å². The zero-order valence-electron chi connectivity index (χ0n) is 14.9. The van der Waals surface area contributed by atoms with Gasteiger partial charge in [-0.05, 0) is 44.2 Å². The minimum atomic E-state index is 0.559. The van der Waals surface area contributed by atoms with E-state index in [9.17, 15) is 0 Å². The predicted molar refractivity (Wildman–Crippen MR) is 96.4 cm³/mol. The first-order valence-electron chi connectivity index (χ1n) is 9.41. The fourth-order valence-corrected chi connectivity index (χ4v) is 4.29. The minimum absolute atomic E-state index is 0.559. The molecule has 0 spiro atoms. The average Bonchev–Trinajstić information content (AvgIpc) is 3.19. The van der Waals surface area contributed by atoms with Gasteiger partial charge >= 0.3 is 0 Å². The molecule has 0 aliphatic carbocycles. The van der Waals surface area contributed by atoms with Gasteiger partial charge in [-0.25, -0.2) is 0 Å². The highest BCUT2D eigenvalue weighted by atomic mass is 15.3. The second-order valence-electron chi connectivity index (χ2n) is 7.64. The Morgan fingerprint density at radius 2 is 1.96 bits per heavy atom. The van der Waals surface area contributed by atoms with E-state index >= 15 is 0 Å². The van der Waals surface area contributed by atoms with Crippen LogP contribution in [0.3, 0.4) is 0 Å². The first kappa shape index (κ1) is 15.8. The quantitative estimate of drug-likeness (QED) is 0.863. The van der Waals surface area contributed by atoms with Crippen molar-refractivity contribution in [1.82, 2.24) is 19.7 Å². The number of nitrogens with zero attached hydrogens (tertiary/aromatic N) is 4. The SMILES string of the molecule is Cc1ccc(C(C)CN2CCCC(c3nnc4n3CCC4)C2)cc1. The summed E-state index contributed by atoms with van der Waals surface area (Å²) in [7, 11) is 0. The third-order valence-electron chi connectivity index (χ3n) is 5.69. The predicted octanol–water partition coefficient (Wildman–Crippen LogP) is 3.52. The highest BCUT2D eigenvalue weighted by Crippen LogP contribution is 2.29. The van der Waals surface area contributed by atoms with Gasteiger partial charge in [-0.3, -0.25) is 0 Å². The Kier molecular flexibility index (Phi) is 4.40. The monoisotopic (exact) mass is 324 g/mol. The molecule has 0 amide bonds. The second kappa shape index (κ2) is 6.67. The molecule has 24 heavy (non-hydrogen) atoms. The van der Waals surface area contributed by atoms with Gasteiger partial charge in [-0.15, -0.1) is 10.2 Å². The Morgan fingerprint density at radius 3 is 2.79 bits per heavy atom. The molecule has 2 atom stereocenters. The molecule has 0 bridgehead atoms. The van der Waals surface area contributed by atoms with Crippen LogP contribution in [0.1, 0.15) is 60.8 Å². The van der Waals surface area contributed by atoms with Crippen LogP contribution in [0.2, 0.25) is 0 Å². The fourth-order valence-electron chi connectivity index (χ4n) is 4.29. The molecular weight excluding hydrogens is 296 g/mol. The van der Waals surface area contributed by atoms with E-state index in [1.165, 1.54) is 48.6 Å². The van der Waals surface area contributed by atoms with E-state index in [-0.39, 0.29) is 0 Å². The van der Waals surface area contributed by atoms with E-state index < -0.39 is 0 Å². The molecule has 3 heterocycles. The largest absolute Gasteiger partial charge is 0.315 e. The molecule has 4 heteroatoms. The van der Waals surface area contributed by atoms with Crippen molar-refractivity contribution in [2.75, 3.05) is 19.6 Å². The van der Waals surface area contributed by atoms with Crippen LogP contribution in [0.5, 0.6) is 0 Å². The van der Waals surface area contributed by atoms with Crippen molar-refractivity contribution < 1.29 is 0 Å².